The molecule has 1 unspecified atom stereocenters. The zero-order valence-electron chi connectivity index (χ0n) is 14.7. The summed E-state index contributed by atoms with van der Waals surface area (Å²) in [6.07, 6.45) is 1.64. The third kappa shape index (κ3) is 6.25. The number of alkyl carbamates (subject to hydrolysis) is 1. The van der Waals surface area contributed by atoms with Crippen LogP contribution in [0.15, 0.2) is 36.9 Å². The van der Waals surface area contributed by atoms with Crippen molar-refractivity contribution in [1.29, 1.82) is 0 Å². The van der Waals surface area contributed by atoms with Gasteiger partial charge in [0.05, 0.1) is 0 Å². The number of ether oxygens (including phenoxy) is 2. The molecule has 1 amide bonds. The van der Waals surface area contributed by atoms with Crippen molar-refractivity contribution >= 4 is 6.09 Å². The maximum absolute atomic E-state index is 12.1. The topological polar surface area (TPSA) is 102 Å². The molecule has 0 aliphatic rings. The number of hydrogen-bond donors (Lipinski definition) is 2. The Bertz CT molecular complexity index is 677. The maximum atomic E-state index is 12.1. The van der Waals surface area contributed by atoms with Gasteiger partial charge in [-0.25, -0.2) is 4.79 Å². The first kappa shape index (κ1) is 18.4. The number of rotatable bonds is 7. The number of aromatic nitrogens is 4. The van der Waals surface area contributed by atoms with Crippen LogP contribution in [0, 0.1) is 0 Å². The monoisotopic (exact) mass is 345 g/mol. The lowest BCUT2D eigenvalue weighted by atomic mass is 10.1. The Hall–Kier alpha value is -2.90. The van der Waals surface area contributed by atoms with E-state index in [0.29, 0.717) is 18.9 Å². The van der Waals surface area contributed by atoms with E-state index in [9.17, 15) is 4.79 Å². The molecule has 0 fully saturated rings. The maximum Gasteiger partial charge on any atom is 0.408 e. The fourth-order valence-electron chi connectivity index (χ4n) is 2.09. The van der Waals surface area contributed by atoms with E-state index in [0.717, 1.165) is 11.3 Å². The summed E-state index contributed by atoms with van der Waals surface area (Å²) in [6.45, 7) is 9.47. The number of amides is 1. The number of H-pyrrole nitrogens is 1. The molecule has 0 bridgehead atoms. The minimum Gasteiger partial charge on any atom is -0.490 e. The normalized spacial score (nSPS) is 12.3. The summed E-state index contributed by atoms with van der Waals surface area (Å²) in [6, 6.07) is 7.09. The number of carbonyl (C=O) groups is 1. The van der Waals surface area contributed by atoms with Gasteiger partial charge in [0.1, 0.15) is 24.0 Å². The van der Waals surface area contributed by atoms with E-state index >= 15 is 0 Å². The fraction of sp³-hybridized carbons (Fsp3) is 0.412. The zero-order chi connectivity index (χ0) is 18.3. The molecule has 8 nitrogen and oxygen atoms in total. The van der Waals surface area contributed by atoms with Gasteiger partial charge in [-0.1, -0.05) is 30.0 Å². The standard InChI is InChI=1S/C17H23N5O3/c1-5-10-24-13-8-6-12(7-9-13)11-14(15-19-21-22-20-15)18-16(23)25-17(2,3)4/h5-9,14H,1,10-11H2,2-4H3,(H,18,23)(H,19,20,21,22). The van der Waals surface area contributed by atoms with Crippen molar-refractivity contribution in [2.45, 2.75) is 38.8 Å². The number of nitrogens with one attached hydrogen (secondary N) is 2. The van der Waals surface area contributed by atoms with Gasteiger partial charge >= 0.3 is 6.09 Å². The summed E-state index contributed by atoms with van der Waals surface area (Å²) in [4.78, 5) is 12.1. The molecule has 1 heterocycles. The Morgan fingerprint density at radius 1 is 1.36 bits per heavy atom. The average Bonchev–Trinajstić information content (AvgIpc) is 3.06. The van der Waals surface area contributed by atoms with Crippen molar-refractivity contribution in [3.63, 3.8) is 0 Å². The van der Waals surface area contributed by atoms with Crippen molar-refractivity contribution < 1.29 is 14.3 Å². The highest BCUT2D eigenvalue weighted by atomic mass is 16.6. The molecule has 0 aliphatic heterocycles. The average molecular weight is 345 g/mol. The highest BCUT2D eigenvalue weighted by Gasteiger charge is 2.23. The van der Waals surface area contributed by atoms with Crippen LogP contribution in [0.2, 0.25) is 0 Å². The minimum absolute atomic E-state index is 0.387. The molecular formula is C17H23N5O3. The predicted octanol–water partition coefficient (Wildman–Crippen LogP) is 2.57. The van der Waals surface area contributed by atoms with Crippen LogP contribution in [-0.2, 0) is 11.2 Å². The number of tetrazole rings is 1. The second-order valence-corrected chi connectivity index (χ2v) is 6.42. The van der Waals surface area contributed by atoms with Crippen LogP contribution < -0.4 is 10.1 Å². The smallest absolute Gasteiger partial charge is 0.408 e. The molecule has 1 atom stereocenters. The third-order valence-electron chi connectivity index (χ3n) is 3.10. The molecule has 2 N–H and O–H groups in total. The number of benzene rings is 1. The summed E-state index contributed by atoms with van der Waals surface area (Å²) in [5.74, 6) is 1.14. The van der Waals surface area contributed by atoms with E-state index in [1.54, 1.807) is 26.8 Å². The fourth-order valence-corrected chi connectivity index (χ4v) is 2.09. The van der Waals surface area contributed by atoms with Gasteiger partial charge in [0.2, 0.25) is 0 Å². The number of aromatic amines is 1. The Balaban J connectivity index is 2.06. The molecule has 134 valence electrons. The summed E-state index contributed by atoms with van der Waals surface area (Å²) < 4.78 is 10.8. The largest absolute Gasteiger partial charge is 0.490 e. The summed E-state index contributed by atoms with van der Waals surface area (Å²) in [7, 11) is 0. The Kier molecular flexibility index (Phi) is 6.10. The molecule has 0 aliphatic carbocycles. The van der Waals surface area contributed by atoms with Crippen molar-refractivity contribution in [2.75, 3.05) is 6.61 Å². The van der Waals surface area contributed by atoms with E-state index in [4.69, 9.17) is 9.47 Å². The summed E-state index contributed by atoms with van der Waals surface area (Å²) in [5, 5.41) is 16.7. The van der Waals surface area contributed by atoms with Gasteiger partial charge in [0, 0.05) is 6.42 Å². The van der Waals surface area contributed by atoms with Crippen LogP contribution in [-0.4, -0.2) is 38.9 Å². The minimum atomic E-state index is -0.587. The van der Waals surface area contributed by atoms with E-state index in [-0.39, 0.29) is 0 Å². The highest BCUT2D eigenvalue weighted by Crippen LogP contribution is 2.19. The Labute approximate surface area is 146 Å². The first-order valence-electron chi connectivity index (χ1n) is 7.93. The highest BCUT2D eigenvalue weighted by molar-refractivity contribution is 5.68. The molecule has 0 saturated heterocycles. The lowest BCUT2D eigenvalue weighted by Crippen LogP contribution is -2.36. The van der Waals surface area contributed by atoms with Gasteiger partial charge in [0.15, 0.2) is 5.82 Å². The van der Waals surface area contributed by atoms with Crippen LogP contribution >= 0.6 is 0 Å². The van der Waals surface area contributed by atoms with Gasteiger partial charge in [-0.15, -0.1) is 10.2 Å². The molecule has 0 spiro atoms. The van der Waals surface area contributed by atoms with Crippen LogP contribution in [0.3, 0.4) is 0 Å². The second kappa shape index (κ2) is 8.27. The van der Waals surface area contributed by atoms with Crippen molar-refractivity contribution in [3.05, 3.63) is 48.3 Å². The summed E-state index contributed by atoms with van der Waals surface area (Å²) >= 11 is 0. The molecule has 1 aromatic carbocycles. The van der Waals surface area contributed by atoms with Crippen LogP contribution in [0.25, 0.3) is 0 Å². The van der Waals surface area contributed by atoms with Crippen LogP contribution in [0.4, 0.5) is 4.79 Å². The molecule has 0 radical (unpaired) electrons. The Morgan fingerprint density at radius 2 is 2.08 bits per heavy atom. The SMILES string of the molecule is C=CCOc1ccc(CC(NC(=O)OC(C)(C)C)c2nn[nH]n2)cc1. The first-order valence-corrected chi connectivity index (χ1v) is 7.93. The zero-order valence-corrected chi connectivity index (χ0v) is 14.7. The second-order valence-electron chi connectivity index (χ2n) is 6.42. The van der Waals surface area contributed by atoms with Crippen molar-refractivity contribution in [3.8, 4) is 5.75 Å². The van der Waals surface area contributed by atoms with Gasteiger partial charge in [-0.05, 0) is 38.5 Å². The van der Waals surface area contributed by atoms with Gasteiger partial charge < -0.3 is 14.8 Å². The molecule has 2 rings (SSSR count). The lowest BCUT2D eigenvalue weighted by molar-refractivity contribution is 0.0501. The molecule has 25 heavy (non-hydrogen) atoms. The van der Waals surface area contributed by atoms with Crippen molar-refractivity contribution in [2.24, 2.45) is 0 Å². The quantitative estimate of drug-likeness (QED) is 0.748. The predicted molar refractivity (Wildman–Crippen MR) is 92.1 cm³/mol. The first-order chi connectivity index (χ1) is 11.9. The van der Waals surface area contributed by atoms with E-state index in [1.807, 2.05) is 24.3 Å². The van der Waals surface area contributed by atoms with Crippen LogP contribution in [0.5, 0.6) is 5.75 Å². The van der Waals surface area contributed by atoms with E-state index < -0.39 is 17.7 Å². The third-order valence-corrected chi connectivity index (χ3v) is 3.10. The van der Waals surface area contributed by atoms with Crippen LogP contribution in [0.1, 0.15) is 38.2 Å². The number of hydrogen-bond acceptors (Lipinski definition) is 6. The number of nitrogens with zero attached hydrogens (tertiary/aromatic N) is 3. The van der Waals surface area contributed by atoms with Crippen molar-refractivity contribution in [1.82, 2.24) is 25.9 Å². The van der Waals surface area contributed by atoms with E-state index in [1.165, 1.54) is 0 Å². The lowest BCUT2D eigenvalue weighted by Gasteiger charge is -2.22. The van der Waals surface area contributed by atoms with Gasteiger partial charge in [-0.2, -0.15) is 5.21 Å². The van der Waals surface area contributed by atoms with Gasteiger partial charge in [0.25, 0.3) is 0 Å². The molecule has 1 aromatic heterocycles. The van der Waals surface area contributed by atoms with E-state index in [2.05, 4.69) is 32.5 Å². The molecular weight excluding hydrogens is 322 g/mol. The Morgan fingerprint density at radius 3 is 2.64 bits per heavy atom. The molecule has 2 aromatic rings. The molecule has 8 heteroatoms. The summed E-state index contributed by atoms with van der Waals surface area (Å²) in [5.41, 5.74) is 0.396. The number of carbonyl (C=O) groups excluding carboxylic acids is 1. The molecule has 0 saturated carbocycles. The van der Waals surface area contributed by atoms with Gasteiger partial charge in [-0.3, -0.25) is 0 Å².